The van der Waals surface area contributed by atoms with Crippen LogP contribution in [0.1, 0.15) is 24.3 Å². The van der Waals surface area contributed by atoms with Gasteiger partial charge in [-0.2, -0.15) is 0 Å². The van der Waals surface area contributed by atoms with Crippen molar-refractivity contribution in [2.75, 3.05) is 7.11 Å². The Morgan fingerprint density at radius 1 is 1.44 bits per heavy atom. The highest BCUT2D eigenvalue weighted by Crippen LogP contribution is 2.27. The Bertz CT molecular complexity index is 550. The third kappa shape index (κ3) is 3.20. The summed E-state index contributed by atoms with van der Waals surface area (Å²) in [5, 5.41) is 9.61. The number of aromatic nitrogens is 1. The molecule has 5 heteroatoms. The summed E-state index contributed by atoms with van der Waals surface area (Å²) in [5.74, 6) is 0.104. The van der Waals surface area contributed by atoms with Gasteiger partial charge in [0.1, 0.15) is 5.75 Å². The van der Waals surface area contributed by atoms with Crippen molar-refractivity contribution in [3.8, 4) is 5.75 Å². The summed E-state index contributed by atoms with van der Waals surface area (Å²) in [7, 11) is 1.65. The van der Waals surface area contributed by atoms with Gasteiger partial charge in [0.05, 0.1) is 22.3 Å². The number of hydrogen-bond acceptors (Lipinski definition) is 4. The van der Waals surface area contributed by atoms with E-state index in [1.54, 1.807) is 18.4 Å². The van der Waals surface area contributed by atoms with Crippen molar-refractivity contribution < 1.29 is 14.6 Å². The molecule has 0 radical (unpaired) electrons. The van der Waals surface area contributed by atoms with Gasteiger partial charge in [0.2, 0.25) is 0 Å². The van der Waals surface area contributed by atoms with Crippen LogP contribution in [-0.2, 0) is 11.2 Å². The summed E-state index contributed by atoms with van der Waals surface area (Å²) in [4.78, 5) is 14.9. The van der Waals surface area contributed by atoms with Gasteiger partial charge in [0.25, 0.3) is 0 Å². The Kier molecular flexibility index (Phi) is 4.15. The van der Waals surface area contributed by atoms with Crippen molar-refractivity contribution in [3.63, 3.8) is 0 Å². The summed E-state index contributed by atoms with van der Waals surface area (Å²) in [6.45, 7) is 0. The summed E-state index contributed by atoms with van der Waals surface area (Å²) < 4.78 is 6.28. The number of benzene rings is 1. The number of unbranched alkanes of at least 4 members (excludes halogenated alkanes) is 1. The molecule has 2 rings (SSSR count). The molecule has 0 unspecified atom stereocenters. The fraction of sp³-hybridized carbons (Fsp3) is 0.385. The van der Waals surface area contributed by atoms with E-state index in [-0.39, 0.29) is 6.42 Å². The van der Waals surface area contributed by atoms with E-state index in [0.717, 1.165) is 33.8 Å². The molecule has 18 heavy (non-hydrogen) atoms. The lowest BCUT2D eigenvalue weighted by Crippen LogP contribution is -1.94. The average molecular weight is 265 g/mol. The van der Waals surface area contributed by atoms with Crippen molar-refractivity contribution >= 4 is 27.5 Å². The number of hydrogen-bond donors (Lipinski definition) is 1. The Labute approximate surface area is 109 Å². The highest BCUT2D eigenvalue weighted by Gasteiger charge is 2.05. The van der Waals surface area contributed by atoms with Crippen molar-refractivity contribution in [2.45, 2.75) is 25.7 Å². The normalized spacial score (nSPS) is 10.7. The largest absolute Gasteiger partial charge is 0.497 e. The molecule has 0 saturated heterocycles. The van der Waals surface area contributed by atoms with Gasteiger partial charge in [-0.25, -0.2) is 4.98 Å². The Hall–Kier alpha value is -1.62. The van der Waals surface area contributed by atoms with Crippen LogP contribution in [0.2, 0.25) is 0 Å². The van der Waals surface area contributed by atoms with Gasteiger partial charge in [-0.05, 0) is 37.5 Å². The van der Waals surface area contributed by atoms with Gasteiger partial charge in [0, 0.05) is 6.42 Å². The van der Waals surface area contributed by atoms with Crippen LogP contribution in [0.4, 0.5) is 0 Å². The third-order valence-corrected chi connectivity index (χ3v) is 3.75. The third-order valence-electron chi connectivity index (χ3n) is 2.67. The van der Waals surface area contributed by atoms with Crippen LogP contribution in [0.15, 0.2) is 18.2 Å². The Balaban J connectivity index is 1.99. The van der Waals surface area contributed by atoms with Crippen LogP contribution in [0.5, 0.6) is 5.75 Å². The number of nitrogens with zero attached hydrogens (tertiary/aromatic N) is 1. The molecule has 1 heterocycles. The lowest BCUT2D eigenvalue weighted by Gasteiger charge is -1.96. The first-order valence-corrected chi connectivity index (χ1v) is 6.66. The van der Waals surface area contributed by atoms with E-state index < -0.39 is 5.97 Å². The molecule has 0 amide bonds. The quantitative estimate of drug-likeness (QED) is 0.815. The minimum atomic E-state index is -0.732. The zero-order valence-corrected chi connectivity index (χ0v) is 11.0. The number of aryl methyl sites for hydroxylation is 1. The molecule has 2 aromatic rings. The van der Waals surface area contributed by atoms with E-state index in [0.29, 0.717) is 6.42 Å². The maximum atomic E-state index is 10.4. The molecule has 0 fully saturated rings. The topological polar surface area (TPSA) is 59.4 Å². The van der Waals surface area contributed by atoms with Crippen LogP contribution in [0.3, 0.4) is 0 Å². The van der Waals surface area contributed by atoms with Crippen LogP contribution >= 0.6 is 11.3 Å². The molecule has 0 aliphatic heterocycles. The number of carboxylic acids is 1. The molecule has 0 saturated carbocycles. The zero-order chi connectivity index (χ0) is 13.0. The second-order valence-corrected chi connectivity index (χ2v) is 5.16. The number of thiazole rings is 1. The molecular weight excluding hydrogens is 250 g/mol. The SMILES string of the molecule is COc1ccc2nc(CCCCC(=O)O)sc2c1. The van der Waals surface area contributed by atoms with Crippen molar-refractivity contribution in [1.29, 1.82) is 0 Å². The predicted octanol–water partition coefficient (Wildman–Crippen LogP) is 3.10. The maximum Gasteiger partial charge on any atom is 0.303 e. The minimum absolute atomic E-state index is 0.235. The first-order chi connectivity index (χ1) is 8.69. The Morgan fingerprint density at radius 2 is 2.28 bits per heavy atom. The summed E-state index contributed by atoms with van der Waals surface area (Å²) in [6.07, 6.45) is 2.64. The lowest BCUT2D eigenvalue weighted by atomic mass is 10.2. The van der Waals surface area contributed by atoms with Gasteiger partial charge < -0.3 is 9.84 Å². The van der Waals surface area contributed by atoms with Crippen LogP contribution in [-0.4, -0.2) is 23.2 Å². The second kappa shape index (κ2) is 5.82. The van der Waals surface area contributed by atoms with E-state index in [1.807, 2.05) is 18.2 Å². The van der Waals surface area contributed by atoms with Gasteiger partial charge in [-0.1, -0.05) is 0 Å². The van der Waals surface area contributed by atoms with Gasteiger partial charge in [-0.3, -0.25) is 4.79 Å². The predicted molar refractivity (Wildman–Crippen MR) is 71.4 cm³/mol. The minimum Gasteiger partial charge on any atom is -0.497 e. The van der Waals surface area contributed by atoms with E-state index in [9.17, 15) is 4.79 Å². The Morgan fingerprint density at radius 3 is 3.00 bits per heavy atom. The smallest absolute Gasteiger partial charge is 0.303 e. The number of rotatable bonds is 6. The fourth-order valence-corrected chi connectivity index (χ4v) is 2.78. The molecule has 0 atom stereocenters. The first-order valence-electron chi connectivity index (χ1n) is 5.84. The highest BCUT2D eigenvalue weighted by molar-refractivity contribution is 7.18. The maximum absolute atomic E-state index is 10.4. The van der Waals surface area contributed by atoms with E-state index in [2.05, 4.69) is 4.98 Å². The van der Waals surface area contributed by atoms with Crippen molar-refractivity contribution in [2.24, 2.45) is 0 Å². The van der Waals surface area contributed by atoms with Crippen LogP contribution in [0, 0.1) is 0 Å². The number of methoxy groups -OCH3 is 1. The van der Waals surface area contributed by atoms with Crippen molar-refractivity contribution in [1.82, 2.24) is 4.98 Å². The molecule has 1 aromatic carbocycles. The number of carbonyl (C=O) groups is 1. The van der Waals surface area contributed by atoms with Gasteiger partial charge in [-0.15, -0.1) is 11.3 Å². The fourth-order valence-electron chi connectivity index (χ4n) is 1.74. The molecule has 0 aliphatic rings. The molecular formula is C13H15NO3S. The monoisotopic (exact) mass is 265 g/mol. The van der Waals surface area contributed by atoms with E-state index >= 15 is 0 Å². The van der Waals surface area contributed by atoms with E-state index in [4.69, 9.17) is 9.84 Å². The molecule has 1 aromatic heterocycles. The van der Waals surface area contributed by atoms with Crippen LogP contribution in [0.25, 0.3) is 10.2 Å². The number of ether oxygens (including phenoxy) is 1. The molecule has 0 aliphatic carbocycles. The average Bonchev–Trinajstić information content (AvgIpc) is 2.75. The molecule has 0 spiro atoms. The van der Waals surface area contributed by atoms with Crippen LogP contribution < -0.4 is 4.74 Å². The molecule has 4 nitrogen and oxygen atoms in total. The van der Waals surface area contributed by atoms with E-state index in [1.165, 1.54) is 0 Å². The molecule has 1 N–H and O–H groups in total. The summed E-state index contributed by atoms with van der Waals surface area (Å²) >= 11 is 1.65. The number of fused-ring (bicyclic) bond motifs is 1. The molecule has 0 bridgehead atoms. The summed E-state index contributed by atoms with van der Waals surface area (Å²) in [6, 6.07) is 5.83. The lowest BCUT2D eigenvalue weighted by molar-refractivity contribution is -0.137. The molecule has 96 valence electrons. The zero-order valence-electron chi connectivity index (χ0n) is 10.2. The highest BCUT2D eigenvalue weighted by atomic mass is 32.1. The standard InChI is InChI=1S/C13H15NO3S/c1-17-9-6-7-10-11(8-9)18-12(14-10)4-2-3-5-13(15)16/h6-8H,2-5H2,1H3,(H,15,16). The number of carboxylic acid groups (broad SMARTS) is 1. The summed E-state index contributed by atoms with van der Waals surface area (Å²) in [5.41, 5.74) is 0.981. The van der Waals surface area contributed by atoms with Gasteiger partial charge >= 0.3 is 5.97 Å². The van der Waals surface area contributed by atoms with Crippen molar-refractivity contribution in [3.05, 3.63) is 23.2 Å². The van der Waals surface area contributed by atoms with Gasteiger partial charge in [0.15, 0.2) is 0 Å². The number of aliphatic carboxylic acids is 1. The second-order valence-electron chi connectivity index (χ2n) is 4.04. The first kappa shape index (κ1) is 12.8.